The van der Waals surface area contributed by atoms with Crippen molar-refractivity contribution in [3.8, 4) is 11.1 Å². The van der Waals surface area contributed by atoms with Crippen molar-refractivity contribution in [1.82, 2.24) is 9.72 Å². The zero-order chi connectivity index (χ0) is 23.8. The summed E-state index contributed by atoms with van der Waals surface area (Å²) in [5.74, 6) is 0.658. The Hall–Kier alpha value is -3.91. The Kier molecular flexibility index (Phi) is 5.67. The molecule has 0 saturated heterocycles. The Balaban J connectivity index is 1.86. The molecule has 2 heterocycles. The number of nitrogens with one attached hydrogen (secondary N) is 1. The van der Waals surface area contributed by atoms with E-state index in [-0.39, 0.29) is 5.75 Å². The number of aromatic nitrogens is 2. The van der Waals surface area contributed by atoms with E-state index < -0.39 is 10.7 Å². The van der Waals surface area contributed by atoms with Crippen molar-refractivity contribution in [2.45, 2.75) is 26.1 Å². The number of carbonyl (C=O) groups excluding carboxylic acids is 1. The molecule has 0 unspecified atom stereocenters. The lowest BCUT2D eigenvalue weighted by atomic mass is 10.00. The van der Waals surface area contributed by atoms with E-state index in [1.807, 2.05) is 56.3 Å². The third kappa shape index (κ3) is 3.86. The molecule has 2 aromatic heterocycles. The van der Waals surface area contributed by atoms with Gasteiger partial charge >= 0.3 is 0 Å². The van der Waals surface area contributed by atoms with Crippen LogP contribution in [-0.2, 0) is 27.8 Å². The van der Waals surface area contributed by atoms with Crippen LogP contribution in [0.2, 0.25) is 0 Å². The number of anilines is 1. The molecule has 5 rings (SSSR count). The highest BCUT2D eigenvalue weighted by Gasteiger charge is 2.20. The van der Waals surface area contributed by atoms with E-state index in [1.165, 1.54) is 0 Å². The molecule has 3 aromatic carbocycles. The minimum absolute atomic E-state index is 0.0375. The molecule has 0 fully saturated rings. The molecule has 8 heteroatoms. The van der Waals surface area contributed by atoms with Gasteiger partial charge in [0.2, 0.25) is 6.41 Å². The molecule has 172 valence electrons. The molecular weight excluding hydrogens is 450 g/mol. The van der Waals surface area contributed by atoms with Crippen LogP contribution in [-0.4, -0.2) is 24.6 Å². The van der Waals surface area contributed by atoms with Crippen molar-refractivity contribution in [3.05, 3.63) is 83.2 Å². The van der Waals surface area contributed by atoms with E-state index >= 15 is 0 Å². The van der Waals surface area contributed by atoms with Crippen molar-refractivity contribution in [1.29, 1.82) is 0 Å². The van der Waals surface area contributed by atoms with Gasteiger partial charge in [0.1, 0.15) is 16.5 Å². The monoisotopic (exact) mass is 473 g/mol. The van der Waals surface area contributed by atoms with Crippen LogP contribution in [0.5, 0.6) is 0 Å². The van der Waals surface area contributed by atoms with Gasteiger partial charge in [-0.2, -0.15) is 0 Å². The van der Waals surface area contributed by atoms with E-state index in [1.54, 1.807) is 0 Å². The predicted molar refractivity (Wildman–Crippen MR) is 134 cm³/mol. The summed E-state index contributed by atoms with van der Waals surface area (Å²) in [4.78, 5) is 11.6. The number of benzene rings is 3. The van der Waals surface area contributed by atoms with Gasteiger partial charge in [-0.15, -0.1) is 0 Å². The number of aryl methyl sites for hydroxylation is 2. The fourth-order valence-electron chi connectivity index (χ4n) is 4.67. The molecule has 0 aliphatic rings. The van der Waals surface area contributed by atoms with Crippen LogP contribution in [0.15, 0.2) is 65.2 Å². The number of carbonyl (C=O) groups is 1. The van der Waals surface area contributed by atoms with Crippen molar-refractivity contribution in [2.24, 2.45) is 0 Å². The van der Waals surface area contributed by atoms with Crippen LogP contribution in [0.25, 0.3) is 32.9 Å². The normalized spacial score (nSPS) is 11.5. The smallest absolute Gasteiger partial charge is 0.211 e. The van der Waals surface area contributed by atoms with Gasteiger partial charge in [0.15, 0.2) is 0 Å². The number of hydrogen-bond acceptors (Lipinski definition) is 5. The molecule has 5 aromatic rings. The lowest BCUT2D eigenvalue weighted by molar-refractivity contribution is -0.105. The second-order valence-electron chi connectivity index (χ2n) is 8.29. The van der Waals surface area contributed by atoms with E-state index in [4.69, 9.17) is 4.52 Å². The zero-order valence-electron chi connectivity index (χ0n) is 18.7. The Morgan fingerprint density at radius 1 is 1.00 bits per heavy atom. The van der Waals surface area contributed by atoms with Gasteiger partial charge in [0.25, 0.3) is 0 Å². The molecule has 0 bridgehead atoms. The number of amides is 1. The summed E-state index contributed by atoms with van der Waals surface area (Å²) in [5, 5.41) is 8.69. The van der Waals surface area contributed by atoms with Gasteiger partial charge in [0, 0.05) is 28.4 Å². The van der Waals surface area contributed by atoms with Gasteiger partial charge in [-0.3, -0.25) is 4.79 Å². The first-order chi connectivity index (χ1) is 16.5. The quantitative estimate of drug-likeness (QED) is 0.262. The summed E-state index contributed by atoms with van der Waals surface area (Å²) in [6, 6.07) is 19.8. The van der Waals surface area contributed by atoms with E-state index in [0.717, 1.165) is 44.2 Å². The van der Waals surface area contributed by atoms with Gasteiger partial charge in [-0.1, -0.05) is 41.6 Å². The third-order valence-electron chi connectivity index (χ3n) is 6.06. The fourth-order valence-corrected chi connectivity index (χ4v) is 5.17. The van der Waals surface area contributed by atoms with Gasteiger partial charge < -0.3 is 14.4 Å². The molecule has 0 aliphatic heterocycles. The average molecular weight is 474 g/mol. The summed E-state index contributed by atoms with van der Waals surface area (Å²) in [6.07, 6.45) is 0.657. The van der Waals surface area contributed by atoms with Crippen molar-refractivity contribution in [3.63, 3.8) is 0 Å². The third-order valence-corrected chi connectivity index (χ3v) is 6.68. The molecule has 1 amide bonds. The maximum atomic E-state index is 11.6. The number of hydrogen-bond donors (Lipinski definition) is 2. The van der Waals surface area contributed by atoms with Crippen molar-refractivity contribution >= 4 is 44.6 Å². The highest BCUT2D eigenvalue weighted by atomic mass is 32.2. The molecule has 0 spiro atoms. The van der Waals surface area contributed by atoms with Gasteiger partial charge in [0.05, 0.1) is 22.7 Å². The molecule has 0 saturated carbocycles. The molecule has 0 atom stereocenters. The second-order valence-corrected chi connectivity index (χ2v) is 9.28. The van der Waals surface area contributed by atoms with Crippen molar-refractivity contribution in [2.75, 3.05) is 5.32 Å². The highest BCUT2D eigenvalue weighted by molar-refractivity contribution is 7.71. The minimum Gasteiger partial charge on any atom is -0.361 e. The van der Waals surface area contributed by atoms with Gasteiger partial charge in [-0.05, 0) is 54.8 Å². The molecule has 7 nitrogen and oxygen atoms in total. The van der Waals surface area contributed by atoms with Crippen LogP contribution in [0.3, 0.4) is 0 Å². The zero-order valence-corrected chi connectivity index (χ0v) is 19.6. The number of nitrogens with zero attached hydrogens (tertiary/aromatic N) is 2. The fraction of sp³-hybridized carbons (Fsp3) is 0.154. The summed E-state index contributed by atoms with van der Waals surface area (Å²) in [5.41, 5.74) is 6.88. The first-order valence-electron chi connectivity index (χ1n) is 10.8. The van der Waals surface area contributed by atoms with Crippen LogP contribution < -0.4 is 5.32 Å². The summed E-state index contributed by atoms with van der Waals surface area (Å²) < 4.78 is 30.4. The standard InChI is InChI=1S/C26H23N3O4S/c1-16-25(17(2)33-28-16)20-11-22(27-15-30)26-21-10-19(14-34(31)32)8-9-23(21)29(24(26)12-20)13-18-6-4-3-5-7-18/h3-12,15,34H,13-14H2,1-2H3,(H,27,30). The minimum atomic E-state index is -2.56. The summed E-state index contributed by atoms with van der Waals surface area (Å²) in [7, 11) is -2.56. The number of thiol groups is 1. The molecule has 0 aliphatic carbocycles. The maximum absolute atomic E-state index is 11.6. The molecule has 34 heavy (non-hydrogen) atoms. The SMILES string of the molecule is Cc1noc(C)c1-c1cc(NC=O)c2c3cc(C[SH](=O)=O)ccc3n(Cc3ccccc3)c2c1. The Morgan fingerprint density at radius 2 is 1.79 bits per heavy atom. The Labute approximate surface area is 197 Å². The first-order valence-corrected chi connectivity index (χ1v) is 12.2. The molecule has 0 radical (unpaired) electrons. The Bertz CT molecular complexity index is 1590. The van der Waals surface area contributed by atoms with Crippen molar-refractivity contribution < 1.29 is 17.7 Å². The number of fused-ring (bicyclic) bond motifs is 3. The molecular formula is C26H23N3O4S. The van der Waals surface area contributed by atoms with E-state index in [2.05, 4.69) is 33.2 Å². The number of rotatable bonds is 7. The van der Waals surface area contributed by atoms with Gasteiger partial charge in [-0.25, -0.2) is 8.42 Å². The lowest BCUT2D eigenvalue weighted by Crippen LogP contribution is -2.00. The highest BCUT2D eigenvalue weighted by Crippen LogP contribution is 2.40. The average Bonchev–Trinajstić information content (AvgIpc) is 3.30. The Morgan fingerprint density at radius 3 is 2.47 bits per heavy atom. The first kappa shape index (κ1) is 21.9. The summed E-state index contributed by atoms with van der Waals surface area (Å²) >= 11 is 0. The topological polar surface area (TPSA) is 94.2 Å². The van der Waals surface area contributed by atoms with Crippen LogP contribution >= 0.6 is 0 Å². The summed E-state index contributed by atoms with van der Waals surface area (Å²) in [6.45, 7) is 4.36. The van der Waals surface area contributed by atoms with E-state index in [0.29, 0.717) is 30.0 Å². The molecule has 1 N–H and O–H groups in total. The lowest BCUT2D eigenvalue weighted by Gasteiger charge is -2.11. The van der Waals surface area contributed by atoms with Crippen LogP contribution in [0.1, 0.15) is 22.6 Å². The maximum Gasteiger partial charge on any atom is 0.211 e. The second kappa shape index (κ2) is 8.79. The largest absolute Gasteiger partial charge is 0.361 e. The van der Waals surface area contributed by atoms with E-state index in [9.17, 15) is 13.2 Å². The van der Waals surface area contributed by atoms with Crippen LogP contribution in [0.4, 0.5) is 5.69 Å². The predicted octanol–water partition coefficient (Wildman–Crippen LogP) is 4.79. The van der Waals surface area contributed by atoms with Crippen LogP contribution in [0, 0.1) is 13.8 Å².